The van der Waals surface area contributed by atoms with Crippen LogP contribution < -0.4 is 10.6 Å². The Hall–Kier alpha value is -2.04. The normalized spacial score (nSPS) is 25.1. The summed E-state index contributed by atoms with van der Waals surface area (Å²) < 4.78 is 0. The lowest BCUT2D eigenvalue weighted by Crippen LogP contribution is -2.42. The van der Waals surface area contributed by atoms with E-state index in [1.165, 1.54) is 18.6 Å². The second-order valence-corrected chi connectivity index (χ2v) is 6.10. The van der Waals surface area contributed by atoms with Gasteiger partial charge in [0.2, 0.25) is 0 Å². The van der Waals surface area contributed by atoms with Crippen molar-refractivity contribution in [1.82, 2.24) is 5.32 Å². The third-order valence-corrected chi connectivity index (χ3v) is 3.90. The number of carboxylic acids is 1. The van der Waals surface area contributed by atoms with Crippen LogP contribution in [0.15, 0.2) is 24.3 Å². The minimum atomic E-state index is -0.976. The van der Waals surface area contributed by atoms with Crippen LogP contribution in [0.5, 0.6) is 0 Å². The molecule has 1 aliphatic carbocycles. The highest BCUT2D eigenvalue weighted by Crippen LogP contribution is 2.28. The number of rotatable bonds is 3. The van der Waals surface area contributed by atoms with Crippen LogP contribution in [0.4, 0.5) is 10.5 Å². The van der Waals surface area contributed by atoms with Crippen LogP contribution >= 0.6 is 0 Å². The maximum absolute atomic E-state index is 12.0. The van der Waals surface area contributed by atoms with Gasteiger partial charge in [0.05, 0.1) is 5.56 Å². The summed E-state index contributed by atoms with van der Waals surface area (Å²) in [5.41, 5.74) is 0.797. The van der Waals surface area contributed by atoms with Crippen molar-refractivity contribution in [1.29, 1.82) is 0 Å². The Balaban J connectivity index is 1.88. The van der Waals surface area contributed by atoms with Gasteiger partial charge in [-0.2, -0.15) is 0 Å². The number of hydrogen-bond acceptors (Lipinski definition) is 2. The van der Waals surface area contributed by atoms with Crippen molar-refractivity contribution in [3.8, 4) is 0 Å². The summed E-state index contributed by atoms with van der Waals surface area (Å²) in [4.78, 5) is 22.7. The Bertz CT molecular complexity index is 503. The maximum Gasteiger partial charge on any atom is 0.335 e. The highest BCUT2D eigenvalue weighted by Gasteiger charge is 2.24. The molecule has 5 nitrogen and oxygen atoms in total. The summed E-state index contributed by atoms with van der Waals surface area (Å²) in [5, 5.41) is 14.6. The minimum Gasteiger partial charge on any atom is -0.478 e. The van der Waals surface area contributed by atoms with Gasteiger partial charge in [0.15, 0.2) is 0 Å². The van der Waals surface area contributed by atoms with Crippen molar-refractivity contribution < 1.29 is 14.7 Å². The molecule has 1 aliphatic rings. The molecular weight excluding hydrogens is 268 g/mol. The predicted molar refractivity (Wildman–Crippen MR) is 81.5 cm³/mol. The molecule has 0 bridgehead atoms. The Morgan fingerprint density at radius 1 is 1.05 bits per heavy atom. The van der Waals surface area contributed by atoms with Crippen LogP contribution in [0.1, 0.15) is 43.5 Å². The Kier molecular flexibility index (Phi) is 4.83. The molecule has 5 heteroatoms. The zero-order chi connectivity index (χ0) is 15.4. The first-order chi connectivity index (χ1) is 9.94. The predicted octanol–water partition coefficient (Wildman–Crippen LogP) is 3.33. The smallest absolute Gasteiger partial charge is 0.335 e. The van der Waals surface area contributed by atoms with Crippen molar-refractivity contribution in [2.45, 2.75) is 39.2 Å². The van der Waals surface area contributed by atoms with Gasteiger partial charge in [0.1, 0.15) is 0 Å². The van der Waals surface area contributed by atoms with Crippen LogP contribution in [-0.2, 0) is 0 Å². The quantitative estimate of drug-likeness (QED) is 0.799. The van der Waals surface area contributed by atoms with Crippen LogP contribution in [0.3, 0.4) is 0 Å². The lowest BCUT2D eigenvalue weighted by molar-refractivity contribution is 0.0697. The zero-order valence-corrected chi connectivity index (χ0v) is 12.4. The van der Waals surface area contributed by atoms with Gasteiger partial charge in [-0.15, -0.1) is 0 Å². The van der Waals surface area contributed by atoms with E-state index in [0.29, 0.717) is 17.5 Å². The van der Waals surface area contributed by atoms with E-state index >= 15 is 0 Å². The summed E-state index contributed by atoms with van der Waals surface area (Å²) in [6.45, 7) is 4.43. The average molecular weight is 290 g/mol. The fraction of sp³-hybridized carbons (Fsp3) is 0.500. The molecule has 0 spiro atoms. The molecule has 1 aromatic carbocycles. The zero-order valence-electron chi connectivity index (χ0n) is 12.4. The van der Waals surface area contributed by atoms with Crippen molar-refractivity contribution in [2.24, 2.45) is 11.8 Å². The third-order valence-electron chi connectivity index (χ3n) is 3.90. The number of anilines is 1. The van der Waals surface area contributed by atoms with Gasteiger partial charge in [0, 0.05) is 11.7 Å². The lowest BCUT2D eigenvalue weighted by atomic mass is 9.80. The molecule has 3 N–H and O–H groups in total. The molecule has 1 saturated carbocycles. The first kappa shape index (κ1) is 15.4. The highest BCUT2D eigenvalue weighted by molar-refractivity contribution is 5.91. The maximum atomic E-state index is 12.0. The number of hydrogen-bond donors (Lipinski definition) is 3. The molecule has 0 heterocycles. The van der Waals surface area contributed by atoms with E-state index in [1.54, 1.807) is 12.1 Å². The Morgan fingerprint density at radius 3 is 2.14 bits per heavy atom. The Morgan fingerprint density at radius 2 is 1.62 bits per heavy atom. The molecule has 21 heavy (non-hydrogen) atoms. The fourth-order valence-electron chi connectivity index (χ4n) is 3.11. The number of aromatic carboxylic acids is 1. The second kappa shape index (κ2) is 6.61. The largest absolute Gasteiger partial charge is 0.478 e. The number of carbonyl (C=O) groups is 2. The van der Waals surface area contributed by atoms with Gasteiger partial charge in [0.25, 0.3) is 0 Å². The van der Waals surface area contributed by atoms with E-state index in [-0.39, 0.29) is 17.6 Å². The van der Waals surface area contributed by atoms with E-state index in [9.17, 15) is 9.59 Å². The van der Waals surface area contributed by atoms with Gasteiger partial charge in [-0.05, 0) is 55.4 Å². The number of nitrogens with one attached hydrogen (secondary N) is 2. The number of amides is 2. The SMILES string of the molecule is CC1CC(C)CC(NC(=O)Nc2ccc(C(=O)O)cc2)C1. The van der Waals surface area contributed by atoms with Gasteiger partial charge in [-0.3, -0.25) is 0 Å². The first-order valence-electron chi connectivity index (χ1n) is 7.35. The number of urea groups is 1. The molecular formula is C16H22N2O3. The van der Waals surface area contributed by atoms with E-state index in [1.807, 2.05) is 0 Å². The number of carbonyl (C=O) groups excluding carboxylic acids is 1. The second-order valence-electron chi connectivity index (χ2n) is 6.10. The summed E-state index contributed by atoms with van der Waals surface area (Å²) in [6.07, 6.45) is 3.24. The molecule has 0 radical (unpaired) electrons. The summed E-state index contributed by atoms with van der Waals surface area (Å²) >= 11 is 0. The molecule has 1 fully saturated rings. The van der Waals surface area contributed by atoms with Crippen LogP contribution in [0, 0.1) is 11.8 Å². The summed E-state index contributed by atoms with van der Waals surface area (Å²) in [7, 11) is 0. The standard InChI is InChI=1S/C16H22N2O3/c1-10-7-11(2)9-14(8-10)18-16(21)17-13-5-3-12(4-6-13)15(19)20/h3-6,10-11,14H,7-9H2,1-2H3,(H,19,20)(H2,17,18,21). The Labute approximate surface area is 124 Å². The molecule has 1 aromatic rings. The molecule has 2 unspecified atom stereocenters. The van der Waals surface area contributed by atoms with E-state index in [2.05, 4.69) is 24.5 Å². The topological polar surface area (TPSA) is 78.4 Å². The van der Waals surface area contributed by atoms with Gasteiger partial charge < -0.3 is 15.7 Å². The van der Waals surface area contributed by atoms with Crippen LogP contribution in [-0.4, -0.2) is 23.1 Å². The van der Waals surface area contributed by atoms with Crippen LogP contribution in [0.2, 0.25) is 0 Å². The molecule has 114 valence electrons. The van der Waals surface area contributed by atoms with Gasteiger partial charge in [-0.1, -0.05) is 13.8 Å². The average Bonchev–Trinajstić information content (AvgIpc) is 2.37. The molecule has 2 rings (SSSR count). The fourth-order valence-corrected chi connectivity index (χ4v) is 3.11. The molecule has 0 aliphatic heterocycles. The van der Waals surface area contributed by atoms with E-state index < -0.39 is 5.97 Å². The minimum absolute atomic E-state index is 0.205. The molecule has 2 amide bonds. The van der Waals surface area contributed by atoms with Crippen molar-refractivity contribution in [3.63, 3.8) is 0 Å². The van der Waals surface area contributed by atoms with Gasteiger partial charge in [-0.25, -0.2) is 9.59 Å². The highest BCUT2D eigenvalue weighted by atomic mass is 16.4. The monoisotopic (exact) mass is 290 g/mol. The lowest BCUT2D eigenvalue weighted by Gasteiger charge is -2.31. The summed E-state index contributed by atoms with van der Waals surface area (Å²) in [5.74, 6) is 0.291. The number of benzene rings is 1. The first-order valence-corrected chi connectivity index (χ1v) is 7.35. The van der Waals surface area contributed by atoms with Crippen molar-refractivity contribution in [3.05, 3.63) is 29.8 Å². The van der Waals surface area contributed by atoms with E-state index in [0.717, 1.165) is 12.8 Å². The van der Waals surface area contributed by atoms with E-state index in [4.69, 9.17) is 5.11 Å². The van der Waals surface area contributed by atoms with Crippen molar-refractivity contribution >= 4 is 17.7 Å². The van der Waals surface area contributed by atoms with Gasteiger partial charge >= 0.3 is 12.0 Å². The summed E-state index contributed by atoms with van der Waals surface area (Å²) in [6, 6.07) is 6.11. The molecule has 0 aromatic heterocycles. The molecule has 0 saturated heterocycles. The van der Waals surface area contributed by atoms with Crippen molar-refractivity contribution in [2.75, 3.05) is 5.32 Å². The third kappa shape index (κ3) is 4.48. The molecule has 2 atom stereocenters. The van der Waals surface area contributed by atoms with Crippen LogP contribution in [0.25, 0.3) is 0 Å². The number of carboxylic acid groups (broad SMARTS) is 1.